The second-order valence-corrected chi connectivity index (χ2v) is 3.81. The molecular weight excluding hydrogens is 262 g/mol. The molecule has 0 spiro atoms. The molecule has 0 amide bonds. The number of anilines is 1. The molecule has 0 fully saturated rings. The Morgan fingerprint density at radius 1 is 1.00 bits per heavy atom. The summed E-state index contributed by atoms with van der Waals surface area (Å²) in [5.74, 6) is -1.01. The van der Waals surface area contributed by atoms with Gasteiger partial charge in [0.2, 0.25) is 0 Å². The van der Waals surface area contributed by atoms with Crippen LogP contribution in [-0.4, -0.2) is 6.36 Å². The fourth-order valence-electron chi connectivity index (χ4n) is 1.63. The molecule has 0 bridgehead atoms. The van der Waals surface area contributed by atoms with Crippen LogP contribution in [0.25, 0.3) is 11.1 Å². The van der Waals surface area contributed by atoms with Crippen LogP contribution in [0.15, 0.2) is 42.5 Å². The molecule has 0 heterocycles. The Kier molecular flexibility index (Phi) is 3.33. The highest BCUT2D eigenvalue weighted by Crippen LogP contribution is 2.29. The van der Waals surface area contributed by atoms with Gasteiger partial charge in [-0.25, -0.2) is 4.39 Å². The van der Waals surface area contributed by atoms with E-state index in [4.69, 9.17) is 5.73 Å². The van der Waals surface area contributed by atoms with E-state index >= 15 is 0 Å². The number of hydrogen-bond acceptors (Lipinski definition) is 2. The van der Waals surface area contributed by atoms with Crippen LogP contribution in [-0.2, 0) is 0 Å². The van der Waals surface area contributed by atoms with Gasteiger partial charge in [-0.2, -0.15) is 0 Å². The minimum absolute atomic E-state index is 0.154. The number of nitrogen functional groups attached to an aromatic ring is 1. The summed E-state index contributed by atoms with van der Waals surface area (Å²) >= 11 is 0. The molecule has 0 aliphatic rings. The van der Waals surface area contributed by atoms with Crippen LogP contribution in [0.1, 0.15) is 0 Å². The summed E-state index contributed by atoms with van der Waals surface area (Å²) < 4.78 is 53.7. The number of alkyl halides is 3. The van der Waals surface area contributed by atoms with Gasteiger partial charge >= 0.3 is 6.36 Å². The molecule has 0 saturated carbocycles. The van der Waals surface area contributed by atoms with E-state index in [1.807, 2.05) is 0 Å². The molecule has 2 aromatic rings. The Morgan fingerprint density at radius 2 is 1.74 bits per heavy atom. The summed E-state index contributed by atoms with van der Waals surface area (Å²) in [7, 11) is 0. The van der Waals surface area contributed by atoms with Gasteiger partial charge in [-0.05, 0) is 35.9 Å². The summed E-state index contributed by atoms with van der Waals surface area (Å²) in [6.45, 7) is 0. The molecule has 0 aliphatic carbocycles. The van der Waals surface area contributed by atoms with Crippen molar-refractivity contribution in [3.8, 4) is 16.9 Å². The molecule has 0 atom stereocenters. The Morgan fingerprint density at radius 3 is 2.37 bits per heavy atom. The van der Waals surface area contributed by atoms with E-state index in [1.54, 1.807) is 0 Å². The van der Waals surface area contributed by atoms with Crippen molar-refractivity contribution in [3.05, 3.63) is 48.3 Å². The zero-order valence-corrected chi connectivity index (χ0v) is 9.54. The molecule has 0 radical (unpaired) electrons. The van der Waals surface area contributed by atoms with Crippen LogP contribution in [0, 0.1) is 5.82 Å². The van der Waals surface area contributed by atoms with Gasteiger partial charge in [0.1, 0.15) is 11.6 Å². The fourth-order valence-corrected chi connectivity index (χ4v) is 1.63. The Bertz CT molecular complexity index is 595. The van der Waals surface area contributed by atoms with Crippen molar-refractivity contribution in [1.82, 2.24) is 0 Å². The number of nitrogens with two attached hydrogens (primary N) is 1. The maximum Gasteiger partial charge on any atom is 0.573 e. The van der Waals surface area contributed by atoms with E-state index in [0.29, 0.717) is 0 Å². The second kappa shape index (κ2) is 4.79. The van der Waals surface area contributed by atoms with Crippen molar-refractivity contribution in [1.29, 1.82) is 0 Å². The fraction of sp³-hybridized carbons (Fsp3) is 0.0769. The number of halogens is 4. The third kappa shape index (κ3) is 3.37. The standard InChI is InChI=1S/C13H9F4NO/c14-12-7-9(18)4-5-11(12)8-2-1-3-10(6-8)19-13(15,16)17/h1-7H,18H2. The molecule has 2 rings (SSSR count). The van der Waals surface area contributed by atoms with E-state index in [0.717, 1.165) is 18.2 Å². The minimum atomic E-state index is -4.78. The maximum atomic E-state index is 13.7. The van der Waals surface area contributed by atoms with Crippen molar-refractivity contribution in [2.75, 3.05) is 5.73 Å². The molecule has 2 N–H and O–H groups in total. The minimum Gasteiger partial charge on any atom is -0.406 e. The summed E-state index contributed by atoms with van der Waals surface area (Å²) in [5.41, 5.74) is 6.08. The monoisotopic (exact) mass is 271 g/mol. The molecule has 0 unspecified atom stereocenters. The largest absolute Gasteiger partial charge is 0.573 e. The topological polar surface area (TPSA) is 35.2 Å². The van der Waals surface area contributed by atoms with E-state index in [2.05, 4.69) is 4.74 Å². The first kappa shape index (κ1) is 13.2. The average Bonchev–Trinajstić information content (AvgIpc) is 2.26. The van der Waals surface area contributed by atoms with Crippen LogP contribution >= 0.6 is 0 Å². The van der Waals surface area contributed by atoms with Gasteiger partial charge in [0.05, 0.1) is 0 Å². The third-order valence-electron chi connectivity index (χ3n) is 2.37. The molecule has 2 nitrogen and oxygen atoms in total. The summed E-state index contributed by atoms with van der Waals surface area (Å²) in [4.78, 5) is 0. The highest BCUT2D eigenvalue weighted by molar-refractivity contribution is 5.67. The van der Waals surface area contributed by atoms with Gasteiger partial charge in [0.15, 0.2) is 0 Å². The highest BCUT2D eigenvalue weighted by Gasteiger charge is 2.31. The SMILES string of the molecule is Nc1ccc(-c2cccc(OC(F)(F)F)c2)c(F)c1. The zero-order valence-electron chi connectivity index (χ0n) is 9.54. The van der Waals surface area contributed by atoms with Crippen LogP contribution in [0.2, 0.25) is 0 Å². The average molecular weight is 271 g/mol. The van der Waals surface area contributed by atoms with Crippen molar-refractivity contribution in [3.63, 3.8) is 0 Å². The number of benzene rings is 2. The summed E-state index contributed by atoms with van der Waals surface area (Å²) in [6.07, 6.45) is -4.78. The molecule has 100 valence electrons. The first-order valence-electron chi connectivity index (χ1n) is 5.26. The van der Waals surface area contributed by atoms with Gasteiger partial charge in [0, 0.05) is 11.3 Å². The predicted molar refractivity (Wildman–Crippen MR) is 62.9 cm³/mol. The van der Waals surface area contributed by atoms with Crippen LogP contribution in [0.4, 0.5) is 23.2 Å². The van der Waals surface area contributed by atoms with Crippen LogP contribution < -0.4 is 10.5 Å². The lowest BCUT2D eigenvalue weighted by Gasteiger charge is -2.10. The molecule has 0 aliphatic heterocycles. The maximum absolute atomic E-state index is 13.7. The Balaban J connectivity index is 2.38. The van der Waals surface area contributed by atoms with Crippen molar-refractivity contribution < 1.29 is 22.3 Å². The summed E-state index contributed by atoms with van der Waals surface area (Å²) in [6, 6.07) is 9.07. The van der Waals surface area contributed by atoms with E-state index in [1.165, 1.54) is 24.3 Å². The lowest BCUT2D eigenvalue weighted by molar-refractivity contribution is -0.274. The predicted octanol–water partition coefficient (Wildman–Crippen LogP) is 3.97. The van der Waals surface area contributed by atoms with E-state index in [9.17, 15) is 17.6 Å². The molecule has 6 heteroatoms. The quantitative estimate of drug-likeness (QED) is 0.662. The van der Waals surface area contributed by atoms with Crippen LogP contribution in [0.3, 0.4) is 0 Å². The van der Waals surface area contributed by atoms with Gasteiger partial charge in [-0.1, -0.05) is 12.1 Å². The van der Waals surface area contributed by atoms with Crippen molar-refractivity contribution >= 4 is 5.69 Å². The molecule has 19 heavy (non-hydrogen) atoms. The molecule has 0 saturated heterocycles. The highest BCUT2D eigenvalue weighted by atomic mass is 19.4. The van der Waals surface area contributed by atoms with Gasteiger partial charge in [0.25, 0.3) is 0 Å². The van der Waals surface area contributed by atoms with Crippen molar-refractivity contribution in [2.24, 2.45) is 0 Å². The number of rotatable bonds is 2. The Labute approximate surface area is 106 Å². The zero-order chi connectivity index (χ0) is 14.0. The Hall–Kier alpha value is -2.24. The lowest BCUT2D eigenvalue weighted by atomic mass is 10.0. The van der Waals surface area contributed by atoms with Crippen LogP contribution in [0.5, 0.6) is 5.75 Å². The second-order valence-electron chi connectivity index (χ2n) is 3.81. The molecule has 2 aromatic carbocycles. The normalized spacial score (nSPS) is 11.4. The third-order valence-corrected chi connectivity index (χ3v) is 2.37. The van der Waals surface area contributed by atoms with E-state index in [-0.39, 0.29) is 16.8 Å². The summed E-state index contributed by atoms with van der Waals surface area (Å²) in [5, 5.41) is 0. The number of hydrogen-bond donors (Lipinski definition) is 1. The lowest BCUT2D eigenvalue weighted by Crippen LogP contribution is -2.17. The molecular formula is C13H9F4NO. The number of ether oxygens (including phenoxy) is 1. The van der Waals surface area contributed by atoms with Crippen molar-refractivity contribution in [2.45, 2.75) is 6.36 Å². The first-order chi connectivity index (χ1) is 8.85. The van der Waals surface area contributed by atoms with Gasteiger partial charge in [-0.15, -0.1) is 13.2 Å². The first-order valence-corrected chi connectivity index (χ1v) is 5.26. The smallest absolute Gasteiger partial charge is 0.406 e. The molecule has 0 aromatic heterocycles. The van der Waals surface area contributed by atoms with Gasteiger partial charge in [-0.3, -0.25) is 0 Å². The van der Waals surface area contributed by atoms with Gasteiger partial charge < -0.3 is 10.5 Å². The van der Waals surface area contributed by atoms with E-state index < -0.39 is 17.9 Å².